The molecule has 21 heavy (non-hydrogen) atoms. The molecule has 0 fully saturated rings. The van der Waals surface area contributed by atoms with Crippen molar-refractivity contribution in [1.82, 2.24) is 4.98 Å². The van der Waals surface area contributed by atoms with Crippen LogP contribution in [0.3, 0.4) is 0 Å². The Labute approximate surface area is 123 Å². The van der Waals surface area contributed by atoms with Gasteiger partial charge < -0.3 is 15.8 Å². The largest absolute Gasteiger partial charge is 0.469 e. The Morgan fingerprint density at radius 2 is 2.29 bits per heavy atom. The molecule has 0 aliphatic carbocycles. The van der Waals surface area contributed by atoms with Gasteiger partial charge in [-0.05, 0) is 12.8 Å². The lowest BCUT2D eigenvalue weighted by atomic mass is 10.2. The van der Waals surface area contributed by atoms with Gasteiger partial charge in [0.05, 0.1) is 12.8 Å². The molecule has 3 N–H and O–H groups in total. The van der Waals surface area contributed by atoms with E-state index in [9.17, 15) is 18.0 Å². The molecule has 0 atom stereocenters. The number of rotatable bonds is 6. The Balaban J connectivity index is 2.42. The Kier molecular flexibility index (Phi) is 6.40. The number of hydrogen-bond acceptors (Lipinski definition) is 5. The number of nitrogens with zero attached hydrogens (tertiary/aromatic N) is 2. The number of hydrogen-bond donors (Lipinski definition) is 2. The first-order valence-corrected chi connectivity index (χ1v) is 6.83. The second-order valence-electron chi connectivity index (χ2n) is 4.02. The molecule has 0 spiro atoms. The van der Waals surface area contributed by atoms with Gasteiger partial charge in [0.15, 0.2) is 11.1 Å². The molecular formula is C11H15F3N4O2S. The Bertz CT molecular complexity index is 502. The van der Waals surface area contributed by atoms with Crippen molar-refractivity contribution in [2.24, 2.45) is 10.7 Å². The van der Waals surface area contributed by atoms with Gasteiger partial charge in [0.25, 0.3) is 0 Å². The molecule has 0 unspecified atom stereocenters. The van der Waals surface area contributed by atoms with E-state index in [0.29, 0.717) is 18.0 Å². The lowest BCUT2D eigenvalue weighted by molar-refractivity contribution is -0.140. The fourth-order valence-electron chi connectivity index (χ4n) is 1.32. The van der Waals surface area contributed by atoms with Crippen LogP contribution in [-0.4, -0.2) is 36.7 Å². The zero-order valence-electron chi connectivity index (χ0n) is 11.2. The van der Waals surface area contributed by atoms with E-state index in [-0.39, 0.29) is 18.3 Å². The fraction of sp³-hybridized carbons (Fsp3) is 0.545. The minimum atomic E-state index is -4.39. The van der Waals surface area contributed by atoms with E-state index in [2.05, 4.69) is 20.0 Å². The highest BCUT2D eigenvalue weighted by Gasteiger charge is 2.26. The van der Waals surface area contributed by atoms with Crippen molar-refractivity contribution < 1.29 is 22.7 Å². The van der Waals surface area contributed by atoms with Gasteiger partial charge in [0.1, 0.15) is 6.54 Å². The maximum atomic E-state index is 12.0. The van der Waals surface area contributed by atoms with E-state index >= 15 is 0 Å². The second-order valence-corrected chi connectivity index (χ2v) is 4.87. The van der Waals surface area contributed by atoms with Crippen molar-refractivity contribution >= 4 is 28.4 Å². The van der Waals surface area contributed by atoms with Crippen molar-refractivity contribution in [2.75, 3.05) is 19.0 Å². The maximum absolute atomic E-state index is 12.0. The van der Waals surface area contributed by atoms with Gasteiger partial charge in [0, 0.05) is 11.8 Å². The van der Waals surface area contributed by atoms with Crippen molar-refractivity contribution in [3.8, 4) is 0 Å². The third-order valence-corrected chi connectivity index (χ3v) is 3.06. The van der Waals surface area contributed by atoms with Crippen molar-refractivity contribution in [1.29, 1.82) is 0 Å². The zero-order chi connectivity index (χ0) is 15.9. The molecule has 0 amide bonds. The number of anilines is 1. The van der Waals surface area contributed by atoms with Crippen molar-refractivity contribution in [2.45, 2.75) is 25.4 Å². The van der Waals surface area contributed by atoms with Crippen molar-refractivity contribution in [3.63, 3.8) is 0 Å². The molecule has 0 bridgehead atoms. The molecule has 1 aromatic heterocycles. The fourth-order valence-corrected chi connectivity index (χ4v) is 2.07. The molecule has 0 saturated heterocycles. The van der Waals surface area contributed by atoms with E-state index in [0.717, 1.165) is 5.69 Å². The quantitative estimate of drug-likeness (QED) is 0.474. The number of methoxy groups -OCH3 is 1. The van der Waals surface area contributed by atoms with Crippen LogP contribution in [0, 0.1) is 0 Å². The summed E-state index contributed by atoms with van der Waals surface area (Å²) >= 11 is 1.20. The number of aromatic nitrogens is 1. The smallest absolute Gasteiger partial charge is 0.408 e. The van der Waals surface area contributed by atoms with Crippen LogP contribution < -0.4 is 11.1 Å². The van der Waals surface area contributed by atoms with E-state index < -0.39 is 12.7 Å². The van der Waals surface area contributed by atoms with E-state index in [1.54, 1.807) is 5.38 Å². The molecule has 0 aromatic carbocycles. The highest BCUT2D eigenvalue weighted by molar-refractivity contribution is 7.13. The Morgan fingerprint density at radius 3 is 2.90 bits per heavy atom. The molecule has 0 radical (unpaired) electrons. The Hall–Kier alpha value is -1.84. The summed E-state index contributed by atoms with van der Waals surface area (Å²) in [5, 5.41) is 4.57. The molecule has 1 aromatic rings. The van der Waals surface area contributed by atoms with Crippen LogP contribution in [0.4, 0.5) is 18.3 Å². The Morgan fingerprint density at radius 1 is 1.57 bits per heavy atom. The van der Waals surface area contributed by atoms with Gasteiger partial charge in [-0.1, -0.05) is 0 Å². The number of aryl methyl sites for hydroxylation is 1. The average Bonchev–Trinajstić information content (AvgIpc) is 2.83. The molecule has 0 saturated carbocycles. The summed E-state index contributed by atoms with van der Waals surface area (Å²) in [6.07, 6.45) is -2.97. The van der Waals surface area contributed by atoms with Gasteiger partial charge in [-0.25, -0.2) is 9.98 Å². The number of carbonyl (C=O) groups excluding carboxylic acids is 1. The number of nitrogens with two attached hydrogens (primary N) is 1. The molecule has 10 heteroatoms. The molecular weight excluding hydrogens is 309 g/mol. The first-order chi connectivity index (χ1) is 9.80. The molecule has 6 nitrogen and oxygen atoms in total. The first kappa shape index (κ1) is 17.2. The van der Waals surface area contributed by atoms with E-state index in [4.69, 9.17) is 5.73 Å². The lowest BCUT2D eigenvalue weighted by Gasteiger charge is -2.04. The van der Waals surface area contributed by atoms with Gasteiger partial charge in [-0.2, -0.15) is 13.2 Å². The molecule has 1 rings (SSSR count). The highest BCUT2D eigenvalue weighted by Crippen LogP contribution is 2.17. The minimum absolute atomic E-state index is 0.284. The van der Waals surface area contributed by atoms with Crippen LogP contribution in [0.5, 0.6) is 0 Å². The number of nitrogens with one attached hydrogen (secondary N) is 1. The van der Waals surface area contributed by atoms with Gasteiger partial charge in [-0.3, -0.25) is 4.79 Å². The summed E-state index contributed by atoms with van der Waals surface area (Å²) in [5.41, 5.74) is 6.04. The summed E-state index contributed by atoms with van der Waals surface area (Å²) in [7, 11) is 1.32. The van der Waals surface area contributed by atoms with Crippen LogP contribution in [0.25, 0.3) is 0 Å². The van der Waals surface area contributed by atoms with Crippen LogP contribution >= 0.6 is 11.3 Å². The predicted octanol–water partition coefficient (Wildman–Crippen LogP) is 1.93. The third-order valence-electron chi connectivity index (χ3n) is 2.26. The van der Waals surface area contributed by atoms with E-state index in [1.807, 2.05) is 0 Å². The minimum Gasteiger partial charge on any atom is -0.469 e. The SMILES string of the molecule is COC(=O)CCCc1csc(NC(N)=NCC(F)(F)F)n1. The molecule has 0 aliphatic heterocycles. The molecule has 118 valence electrons. The summed E-state index contributed by atoms with van der Waals surface area (Å²) in [6.45, 7) is -1.34. The van der Waals surface area contributed by atoms with Crippen LogP contribution in [0.2, 0.25) is 0 Å². The predicted molar refractivity (Wildman–Crippen MR) is 73.2 cm³/mol. The van der Waals surface area contributed by atoms with E-state index in [1.165, 1.54) is 18.4 Å². The van der Waals surface area contributed by atoms with Gasteiger partial charge in [0.2, 0.25) is 0 Å². The van der Waals surface area contributed by atoms with Crippen LogP contribution in [0.15, 0.2) is 10.4 Å². The topological polar surface area (TPSA) is 89.6 Å². The van der Waals surface area contributed by atoms with Crippen LogP contribution in [-0.2, 0) is 16.0 Å². The van der Waals surface area contributed by atoms with Crippen LogP contribution in [0.1, 0.15) is 18.5 Å². The number of aliphatic imine (C=N–C) groups is 1. The summed E-state index contributed by atoms with van der Waals surface area (Å²) in [4.78, 5) is 18.2. The molecule has 1 heterocycles. The number of carbonyl (C=O) groups is 1. The van der Waals surface area contributed by atoms with Gasteiger partial charge in [-0.15, -0.1) is 11.3 Å². The monoisotopic (exact) mass is 324 g/mol. The lowest BCUT2D eigenvalue weighted by Crippen LogP contribution is -2.25. The number of ether oxygens (including phenoxy) is 1. The number of alkyl halides is 3. The molecule has 0 aliphatic rings. The zero-order valence-corrected chi connectivity index (χ0v) is 12.1. The standard InChI is InChI=1S/C11H15F3N4O2S/c1-20-8(19)4-2-3-7-5-21-10(17-7)18-9(15)16-6-11(12,13)14/h5H,2-4,6H2,1H3,(H3,15,16,17,18). The average molecular weight is 324 g/mol. The van der Waals surface area contributed by atoms with Gasteiger partial charge >= 0.3 is 12.1 Å². The summed E-state index contributed by atoms with van der Waals surface area (Å²) in [6, 6.07) is 0. The second kappa shape index (κ2) is 7.81. The number of thiazole rings is 1. The number of guanidine groups is 1. The third kappa shape index (κ3) is 7.49. The first-order valence-electron chi connectivity index (χ1n) is 5.95. The van der Waals surface area contributed by atoms with Crippen molar-refractivity contribution in [3.05, 3.63) is 11.1 Å². The summed E-state index contributed by atoms with van der Waals surface area (Å²) < 4.78 is 40.4. The maximum Gasteiger partial charge on any atom is 0.408 e. The number of halogens is 3. The normalized spacial score (nSPS) is 12.3. The number of esters is 1. The highest BCUT2D eigenvalue weighted by atomic mass is 32.1. The summed E-state index contributed by atoms with van der Waals surface area (Å²) in [5.74, 6) is -0.644.